The van der Waals surface area contributed by atoms with Crippen LogP contribution in [0.3, 0.4) is 0 Å². The second kappa shape index (κ2) is 13.3. The van der Waals surface area contributed by atoms with E-state index in [1.807, 2.05) is 0 Å². The molecule has 0 radical (unpaired) electrons. The number of nitrogens with zero attached hydrogens (tertiary/aromatic N) is 2. The minimum Gasteiger partial charge on any atom is -0.352 e. The summed E-state index contributed by atoms with van der Waals surface area (Å²) >= 11 is 12.1. The van der Waals surface area contributed by atoms with Crippen LogP contribution in [0.1, 0.15) is 32.8 Å². The van der Waals surface area contributed by atoms with Crippen LogP contribution >= 0.6 is 23.2 Å². The molecule has 39 heavy (non-hydrogen) atoms. The van der Waals surface area contributed by atoms with Crippen LogP contribution in [0.5, 0.6) is 0 Å². The van der Waals surface area contributed by atoms with Gasteiger partial charge < -0.3 is 10.2 Å². The first-order valence-corrected chi connectivity index (χ1v) is 14.5. The number of carbonyl (C=O) groups excluding carboxylic acids is 2. The monoisotopic (exact) mass is 593 g/mol. The molecule has 1 atom stereocenters. The molecule has 208 valence electrons. The van der Waals surface area contributed by atoms with Gasteiger partial charge in [0.15, 0.2) is 0 Å². The summed E-state index contributed by atoms with van der Waals surface area (Å²) in [7, 11) is -4.25. The van der Waals surface area contributed by atoms with Crippen molar-refractivity contribution >= 4 is 50.7 Å². The highest BCUT2D eigenvalue weighted by molar-refractivity contribution is 7.92. The van der Waals surface area contributed by atoms with Crippen molar-refractivity contribution < 1.29 is 22.4 Å². The lowest BCUT2D eigenvalue weighted by atomic mass is 10.1. The first kappa shape index (κ1) is 30.4. The van der Waals surface area contributed by atoms with Crippen molar-refractivity contribution in [3.05, 3.63) is 94.2 Å². The van der Waals surface area contributed by atoms with Crippen LogP contribution in [0.2, 0.25) is 10.0 Å². The van der Waals surface area contributed by atoms with E-state index in [0.717, 1.165) is 4.31 Å². The van der Waals surface area contributed by atoms with Crippen LogP contribution in [0.25, 0.3) is 0 Å². The Labute approximate surface area is 238 Å². The molecule has 0 spiro atoms. The van der Waals surface area contributed by atoms with Crippen LogP contribution in [0.4, 0.5) is 10.1 Å². The molecule has 0 aliphatic rings. The predicted molar refractivity (Wildman–Crippen MR) is 152 cm³/mol. The number of rotatable bonds is 11. The summed E-state index contributed by atoms with van der Waals surface area (Å²) < 4.78 is 42.1. The zero-order chi connectivity index (χ0) is 28.7. The zero-order valence-corrected chi connectivity index (χ0v) is 24.1. The van der Waals surface area contributed by atoms with Crippen molar-refractivity contribution in [2.24, 2.45) is 0 Å². The molecule has 0 saturated heterocycles. The highest BCUT2D eigenvalue weighted by Gasteiger charge is 2.34. The van der Waals surface area contributed by atoms with Gasteiger partial charge in [-0.1, -0.05) is 48.3 Å². The van der Waals surface area contributed by atoms with E-state index in [1.54, 1.807) is 32.9 Å². The molecule has 3 aromatic rings. The van der Waals surface area contributed by atoms with E-state index in [1.165, 1.54) is 65.6 Å². The molecule has 0 fully saturated rings. The maximum Gasteiger partial charge on any atom is 0.264 e. The van der Waals surface area contributed by atoms with E-state index in [-0.39, 0.29) is 40.5 Å². The van der Waals surface area contributed by atoms with Gasteiger partial charge in [0.25, 0.3) is 10.0 Å². The van der Waals surface area contributed by atoms with Crippen LogP contribution in [0.15, 0.2) is 77.7 Å². The summed E-state index contributed by atoms with van der Waals surface area (Å²) in [5.41, 5.74) is 0.752. The summed E-state index contributed by atoms with van der Waals surface area (Å²) in [5, 5.41) is 3.46. The number of benzene rings is 3. The number of amides is 2. The van der Waals surface area contributed by atoms with E-state index >= 15 is 0 Å². The predicted octanol–water partition coefficient (Wildman–Crippen LogP) is 5.66. The van der Waals surface area contributed by atoms with Gasteiger partial charge in [0, 0.05) is 22.6 Å². The number of hydrogen-bond donors (Lipinski definition) is 1. The Morgan fingerprint density at radius 3 is 2.15 bits per heavy atom. The first-order valence-electron chi connectivity index (χ1n) is 12.3. The molecule has 0 aromatic heterocycles. The molecule has 0 aliphatic carbocycles. The SMILES string of the molecule is CC[C@@H](C(=O)NC(C)C)N(Cc1ccc(F)cc1)C(=O)CN(c1cccc(Cl)c1)S(=O)(=O)c1ccc(Cl)cc1. The van der Waals surface area contributed by atoms with E-state index in [4.69, 9.17) is 23.2 Å². The molecule has 0 saturated carbocycles. The third-order valence-corrected chi connectivity index (χ3v) is 8.13. The van der Waals surface area contributed by atoms with E-state index in [2.05, 4.69) is 5.32 Å². The van der Waals surface area contributed by atoms with Crippen molar-refractivity contribution in [3.8, 4) is 0 Å². The summed E-state index contributed by atoms with van der Waals surface area (Å²) in [6.45, 7) is 4.72. The Bertz CT molecular complexity index is 1400. The number of carbonyl (C=O) groups is 2. The fourth-order valence-corrected chi connectivity index (χ4v) is 5.70. The molecule has 11 heteroatoms. The number of nitrogens with one attached hydrogen (secondary N) is 1. The molecule has 0 aliphatic heterocycles. The molecule has 3 rings (SSSR count). The Hall–Kier alpha value is -3.14. The number of halogens is 3. The number of sulfonamides is 1. The number of anilines is 1. The first-order chi connectivity index (χ1) is 18.4. The Kier molecular flexibility index (Phi) is 10.4. The lowest BCUT2D eigenvalue weighted by molar-refractivity contribution is -0.140. The highest BCUT2D eigenvalue weighted by atomic mass is 35.5. The molecule has 0 unspecified atom stereocenters. The largest absolute Gasteiger partial charge is 0.352 e. The standard InChI is InChI=1S/C28H30Cl2FN3O4S/c1-4-26(28(36)32-19(2)3)33(17-20-8-12-23(31)13-9-20)27(35)18-34(24-7-5-6-22(30)16-24)39(37,38)25-14-10-21(29)11-15-25/h5-16,19,26H,4,17-18H2,1-3H3,(H,32,36)/t26-/m0/s1. The van der Waals surface area contributed by atoms with Gasteiger partial charge in [-0.25, -0.2) is 12.8 Å². The van der Waals surface area contributed by atoms with Crippen LogP contribution in [-0.2, 0) is 26.2 Å². The third kappa shape index (κ3) is 7.94. The zero-order valence-electron chi connectivity index (χ0n) is 21.8. The van der Waals surface area contributed by atoms with E-state index in [9.17, 15) is 22.4 Å². The van der Waals surface area contributed by atoms with Gasteiger partial charge in [-0.15, -0.1) is 0 Å². The average molecular weight is 595 g/mol. The van der Waals surface area contributed by atoms with Gasteiger partial charge >= 0.3 is 0 Å². The minimum atomic E-state index is -4.25. The van der Waals surface area contributed by atoms with E-state index in [0.29, 0.717) is 10.6 Å². The molecular weight excluding hydrogens is 564 g/mol. The lowest BCUT2D eigenvalue weighted by Gasteiger charge is -2.33. The summed E-state index contributed by atoms with van der Waals surface area (Å²) in [6, 6.07) is 16.2. The van der Waals surface area contributed by atoms with E-state index < -0.39 is 34.3 Å². The molecule has 0 bridgehead atoms. The van der Waals surface area contributed by atoms with Gasteiger partial charge in [-0.3, -0.25) is 13.9 Å². The lowest BCUT2D eigenvalue weighted by Crippen LogP contribution is -2.53. The average Bonchev–Trinajstić information content (AvgIpc) is 2.88. The van der Waals surface area contributed by atoms with Crippen molar-refractivity contribution in [3.63, 3.8) is 0 Å². The van der Waals surface area contributed by atoms with Crippen molar-refractivity contribution in [2.45, 2.75) is 50.7 Å². The fourth-order valence-electron chi connectivity index (χ4n) is 3.98. The maximum absolute atomic E-state index is 13.9. The molecule has 1 N–H and O–H groups in total. The van der Waals surface area contributed by atoms with Crippen LogP contribution in [-0.4, -0.2) is 43.8 Å². The second-order valence-corrected chi connectivity index (χ2v) is 11.9. The van der Waals surface area contributed by atoms with Gasteiger partial charge in [0.2, 0.25) is 11.8 Å². The Morgan fingerprint density at radius 2 is 1.59 bits per heavy atom. The summed E-state index contributed by atoms with van der Waals surface area (Å²) in [5.74, 6) is -1.44. The van der Waals surface area contributed by atoms with Crippen LogP contribution in [0, 0.1) is 5.82 Å². The molecule has 7 nitrogen and oxygen atoms in total. The normalized spacial score (nSPS) is 12.2. The minimum absolute atomic E-state index is 0.0342. The van der Waals surface area contributed by atoms with Gasteiger partial charge in [-0.2, -0.15) is 0 Å². The maximum atomic E-state index is 13.9. The Morgan fingerprint density at radius 1 is 0.949 bits per heavy atom. The Balaban J connectivity index is 2.06. The number of hydrogen-bond acceptors (Lipinski definition) is 4. The molecule has 2 amide bonds. The molecule has 3 aromatic carbocycles. The van der Waals surface area contributed by atoms with Crippen molar-refractivity contribution in [2.75, 3.05) is 10.8 Å². The van der Waals surface area contributed by atoms with Gasteiger partial charge in [-0.05, 0) is 80.4 Å². The quantitative estimate of drug-likeness (QED) is 0.311. The van der Waals surface area contributed by atoms with Crippen molar-refractivity contribution in [1.82, 2.24) is 10.2 Å². The summed E-state index contributed by atoms with van der Waals surface area (Å²) in [6.07, 6.45) is 0.270. The fraction of sp³-hybridized carbons (Fsp3) is 0.286. The van der Waals surface area contributed by atoms with Gasteiger partial charge in [0.1, 0.15) is 18.4 Å². The second-order valence-electron chi connectivity index (χ2n) is 9.18. The highest BCUT2D eigenvalue weighted by Crippen LogP contribution is 2.27. The smallest absolute Gasteiger partial charge is 0.264 e. The van der Waals surface area contributed by atoms with Crippen LogP contribution < -0.4 is 9.62 Å². The third-order valence-electron chi connectivity index (χ3n) is 5.86. The molecule has 0 heterocycles. The topological polar surface area (TPSA) is 86.8 Å². The molecular formula is C28H30Cl2FN3O4S. The summed E-state index contributed by atoms with van der Waals surface area (Å²) in [4.78, 5) is 28.3. The van der Waals surface area contributed by atoms with Crippen molar-refractivity contribution in [1.29, 1.82) is 0 Å². The van der Waals surface area contributed by atoms with Gasteiger partial charge in [0.05, 0.1) is 10.6 Å².